The molecule has 1 aromatic rings. The van der Waals surface area contributed by atoms with Crippen molar-refractivity contribution in [2.75, 3.05) is 31.7 Å². The molecule has 2 N–H and O–H groups in total. The van der Waals surface area contributed by atoms with Crippen molar-refractivity contribution in [3.8, 4) is 0 Å². The normalized spacial score (nSPS) is 20.8. The first kappa shape index (κ1) is 17.6. The first-order valence-corrected chi connectivity index (χ1v) is 8.18. The molecule has 0 atom stereocenters. The van der Waals surface area contributed by atoms with Gasteiger partial charge in [0.2, 0.25) is 0 Å². The molecule has 3 rings (SSSR count). The van der Waals surface area contributed by atoms with Crippen molar-refractivity contribution in [2.45, 2.75) is 20.1 Å². The van der Waals surface area contributed by atoms with Gasteiger partial charge in [-0.1, -0.05) is 26.0 Å². The minimum atomic E-state index is -0.449. The van der Waals surface area contributed by atoms with Gasteiger partial charge in [-0.15, -0.1) is 0 Å². The molecule has 0 aliphatic carbocycles. The van der Waals surface area contributed by atoms with Crippen molar-refractivity contribution in [3.63, 3.8) is 0 Å². The number of imide groups is 1. The van der Waals surface area contributed by atoms with Crippen LogP contribution in [0.4, 0.5) is 5.69 Å². The Morgan fingerprint density at radius 1 is 1.28 bits per heavy atom. The monoisotopic (exact) mass is 346 g/mol. The van der Waals surface area contributed by atoms with Crippen molar-refractivity contribution in [2.24, 2.45) is 5.41 Å². The van der Waals surface area contributed by atoms with Crippen molar-refractivity contribution < 1.29 is 24.2 Å². The minimum absolute atomic E-state index is 0.00996. The Hall–Kier alpha value is -2.22. The van der Waals surface area contributed by atoms with Crippen LogP contribution in [0.25, 0.3) is 0 Å². The zero-order valence-electron chi connectivity index (χ0n) is 14.3. The van der Waals surface area contributed by atoms with Crippen molar-refractivity contribution in [1.29, 1.82) is 0 Å². The fraction of sp³-hybridized carbons (Fsp3) is 0.444. The van der Waals surface area contributed by atoms with E-state index in [9.17, 15) is 9.59 Å². The molecule has 7 nitrogen and oxygen atoms in total. The Labute approximate surface area is 146 Å². The second kappa shape index (κ2) is 6.95. The molecule has 2 heterocycles. The van der Waals surface area contributed by atoms with Crippen LogP contribution < -0.4 is 5.32 Å². The number of nitrogens with one attached hydrogen (secondary N) is 1. The highest BCUT2D eigenvalue weighted by molar-refractivity contribution is 6.17. The van der Waals surface area contributed by atoms with Gasteiger partial charge in [-0.3, -0.25) is 14.5 Å². The number of hydrogen-bond donors (Lipinski definition) is 2. The van der Waals surface area contributed by atoms with Crippen LogP contribution in [0.15, 0.2) is 36.0 Å². The van der Waals surface area contributed by atoms with Crippen LogP contribution in [0.2, 0.25) is 0 Å². The summed E-state index contributed by atoms with van der Waals surface area (Å²) in [5.41, 5.74) is 1.67. The molecule has 0 unspecified atom stereocenters. The van der Waals surface area contributed by atoms with E-state index in [-0.39, 0.29) is 24.3 Å². The number of hydrogen-bond acceptors (Lipinski definition) is 6. The van der Waals surface area contributed by atoms with Gasteiger partial charge in [-0.2, -0.15) is 0 Å². The van der Waals surface area contributed by atoms with Crippen LogP contribution in [0, 0.1) is 5.41 Å². The summed E-state index contributed by atoms with van der Waals surface area (Å²) in [6.45, 7) is 5.08. The van der Waals surface area contributed by atoms with Gasteiger partial charge in [-0.25, -0.2) is 0 Å². The number of amides is 2. The van der Waals surface area contributed by atoms with Crippen LogP contribution in [-0.2, 0) is 19.1 Å². The number of β-amino-alcohol motifs (C(OH)–C–C–N with tert-alkyl or cyclic N) is 1. The number of nitrogens with zero attached hydrogens (tertiary/aromatic N) is 1. The Balaban J connectivity index is 1.70. The predicted octanol–water partition coefficient (Wildman–Crippen LogP) is 1.42. The van der Waals surface area contributed by atoms with Crippen molar-refractivity contribution >= 4 is 17.5 Å². The van der Waals surface area contributed by atoms with Crippen LogP contribution in [-0.4, -0.2) is 48.2 Å². The van der Waals surface area contributed by atoms with E-state index >= 15 is 0 Å². The third-order valence-electron chi connectivity index (χ3n) is 4.02. The zero-order chi connectivity index (χ0) is 18.0. The molecule has 2 aliphatic heterocycles. The summed E-state index contributed by atoms with van der Waals surface area (Å²) in [4.78, 5) is 25.0. The number of aliphatic hydroxyl groups is 1. The summed E-state index contributed by atoms with van der Waals surface area (Å²) in [6, 6.07) is 7.35. The summed E-state index contributed by atoms with van der Waals surface area (Å²) in [6.07, 6.45) is 0.788. The lowest BCUT2D eigenvalue weighted by molar-refractivity contribution is -0.226. The summed E-state index contributed by atoms with van der Waals surface area (Å²) in [5.74, 6) is -0.879. The number of carbonyl (C=O) groups is 2. The van der Waals surface area contributed by atoms with E-state index in [1.807, 2.05) is 18.2 Å². The number of ether oxygens (including phenoxy) is 2. The molecule has 2 amide bonds. The second-order valence-corrected chi connectivity index (χ2v) is 6.95. The SMILES string of the molecule is CC1(C)COC(c2cccc(NC3=CC(=O)N(CCO)C3=O)c2)OC1. The van der Waals surface area contributed by atoms with Crippen molar-refractivity contribution in [3.05, 3.63) is 41.6 Å². The van der Waals surface area contributed by atoms with E-state index in [4.69, 9.17) is 14.6 Å². The quantitative estimate of drug-likeness (QED) is 0.784. The molecule has 0 aromatic heterocycles. The fourth-order valence-electron chi connectivity index (χ4n) is 2.71. The summed E-state index contributed by atoms with van der Waals surface area (Å²) in [5, 5.41) is 11.9. The molecule has 1 saturated heterocycles. The molecular formula is C18H22N2O5. The molecule has 2 aliphatic rings. The lowest BCUT2D eigenvalue weighted by atomic mass is 9.95. The summed E-state index contributed by atoms with van der Waals surface area (Å²) < 4.78 is 11.5. The average Bonchev–Trinajstić information content (AvgIpc) is 2.83. The summed E-state index contributed by atoms with van der Waals surface area (Å²) in [7, 11) is 0. The number of carbonyl (C=O) groups excluding carboxylic acids is 2. The maximum atomic E-state index is 12.2. The number of anilines is 1. The lowest BCUT2D eigenvalue weighted by Gasteiger charge is -2.34. The first-order valence-electron chi connectivity index (χ1n) is 8.18. The third-order valence-corrected chi connectivity index (χ3v) is 4.02. The topological polar surface area (TPSA) is 88.1 Å². The number of aliphatic hydroxyl groups excluding tert-OH is 1. The maximum Gasteiger partial charge on any atom is 0.277 e. The van der Waals surface area contributed by atoms with Gasteiger partial charge in [0, 0.05) is 22.7 Å². The van der Waals surface area contributed by atoms with E-state index in [1.54, 1.807) is 6.07 Å². The molecule has 0 radical (unpaired) electrons. The molecule has 134 valence electrons. The largest absolute Gasteiger partial charge is 0.395 e. The van der Waals surface area contributed by atoms with Gasteiger partial charge >= 0.3 is 0 Å². The van der Waals surface area contributed by atoms with Crippen LogP contribution >= 0.6 is 0 Å². The molecule has 25 heavy (non-hydrogen) atoms. The first-order chi connectivity index (χ1) is 11.9. The third kappa shape index (κ3) is 3.89. The van der Waals surface area contributed by atoms with Gasteiger partial charge < -0.3 is 19.9 Å². The van der Waals surface area contributed by atoms with E-state index in [2.05, 4.69) is 19.2 Å². The second-order valence-electron chi connectivity index (χ2n) is 6.95. The Kier molecular flexibility index (Phi) is 4.89. The van der Waals surface area contributed by atoms with Gasteiger partial charge in [0.05, 0.1) is 26.4 Å². The van der Waals surface area contributed by atoms with Gasteiger partial charge in [0.1, 0.15) is 5.70 Å². The molecule has 0 saturated carbocycles. The highest BCUT2D eigenvalue weighted by Gasteiger charge is 2.31. The maximum absolute atomic E-state index is 12.2. The fourth-order valence-corrected chi connectivity index (χ4v) is 2.71. The number of benzene rings is 1. The standard InChI is InChI=1S/C18H22N2O5/c1-18(2)10-24-17(25-11-18)12-4-3-5-13(8-12)19-14-9-15(22)20(6-7-21)16(14)23/h3-5,8-9,17,19,21H,6-7,10-11H2,1-2H3. The molecule has 0 spiro atoms. The highest BCUT2D eigenvalue weighted by atomic mass is 16.7. The molecular weight excluding hydrogens is 324 g/mol. The van der Waals surface area contributed by atoms with Crippen LogP contribution in [0.3, 0.4) is 0 Å². The Bertz CT molecular complexity index is 703. The molecule has 0 bridgehead atoms. The highest BCUT2D eigenvalue weighted by Crippen LogP contribution is 2.32. The van der Waals surface area contributed by atoms with E-state index in [1.165, 1.54) is 6.08 Å². The minimum Gasteiger partial charge on any atom is -0.395 e. The van der Waals surface area contributed by atoms with Gasteiger partial charge in [0.25, 0.3) is 11.8 Å². The summed E-state index contributed by atoms with van der Waals surface area (Å²) >= 11 is 0. The van der Waals surface area contributed by atoms with E-state index < -0.39 is 18.1 Å². The molecule has 7 heteroatoms. The van der Waals surface area contributed by atoms with E-state index in [0.29, 0.717) is 18.9 Å². The van der Waals surface area contributed by atoms with E-state index in [0.717, 1.165) is 10.5 Å². The molecule has 1 fully saturated rings. The Morgan fingerprint density at radius 2 is 2.00 bits per heavy atom. The van der Waals surface area contributed by atoms with Crippen LogP contribution in [0.1, 0.15) is 25.7 Å². The predicted molar refractivity (Wildman–Crippen MR) is 90.4 cm³/mol. The number of rotatable bonds is 5. The average molecular weight is 346 g/mol. The van der Waals surface area contributed by atoms with Crippen molar-refractivity contribution in [1.82, 2.24) is 4.90 Å². The Morgan fingerprint density at radius 3 is 2.68 bits per heavy atom. The smallest absolute Gasteiger partial charge is 0.277 e. The van der Waals surface area contributed by atoms with Gasteiger partial charge in [0.15, 0.2) is 6.29 Å². The zero-order valence-corrected chi connectivity index (χ0v) is 14.3. The molecule has 1 aromatic carbocycles. The lowest BCUT2D eigenvalue weighted by Crippen LogP contribution is -2.34. The van der Waals surface area contributed by atoms with Gasteiger partial charge in [-0.05, 0) is 12.1 Å². The van der Waals surface area contributed by atoms with Crippen LogP contribution in [0.5, 0.6) is 0 Å².